The summed E-state index contributed by atoms with van der Waals surface area (Å²) in [5.41, 5.74) is -0.481. The molecule has 0 saturated carbocycles. The van der Waals surface area contributed by atoms with Gasteiger partial charge in [0.25, 0.3) is 0 Å². The number of halogens is 1. The molecule has 6 nitrogen and oxygen atoms in total. The highest BCUT2D eigenvalue weighted by Gasteiger charge is 2.32. The molecule has 1 aliphatic rings. The molecule has 1 unspecified atom stereocenters. The van der Waals surface area contributed by atoms with Crippen LogP contribution in [0.25, 0.3) is 0 Å². The molecule has 1 saturated heterocycles. The van der Waals surface area contributed by atoms with E-state index in [2.05, 4.69) is 15.3 Å². The molecule has 1 aromatic rings. The van der Waals surface area contributed by atoms with Crippen LogP contribution in [0.1, 0.15) is 33.6 Å². The van der Waals surface area contributed by atoms with Crippen LogP contribution in [0.5, 0.6) is 0 Å². The maximum Gasteiger partial charge on any atom is 0.410 e. The zero-order chi connectivity index (χ0) is 17.0. The minimum atomic E-state index is -0.481. The van der Waals surface area contributed by atoms with E-state index in [4.69, 9.17) is 16.3 Å². The first-order chi connectivity index (χ1) is 10.8. The third-order valence-corrected chi connectivity index (χ3v) is 4.12. The minimum absolute atomic E-state index is 0.0938. The van der Waals surface area contributed by atoms with Gasteiger partial charge in [0.1, 0.15) is 16.6 Å². The van der Waals surface area contributed by atoms with Crippen molar-refractivity contribution in [2.45, 2.75) is 50.4 Å². The van der Waals surface area contributed by atoms with Crippen molar-refractivity contribution in [3.63, 3.8) is 0 Å². The summed E-state index contributed by atoms with van der Waals surface area (Å²) >= 11 is 7.42. The van der Waals surface area contributed by atoms with Crippen molar-refractivity contribution >= 4 is 35.3 Å². The quantitative estimate of drug-likeness (QED) is 0.503. The summed E-state index contributed by atoms with van der Waals surface area (Å²) < 4.78 is 5.47. The number of aromatic nitrogens is 2. The van der Waals surface area contributed by atoms with E-state index in [1.165, 1.54) is 11.8 Å². The highest BCUT2D eigenvalue weighted by molar-refractivity contribution is 7.98. The van der Waals surface area contributed by atoms with Crippen molar-refractivity contribution in [3.8, 4) is 0 Å². The van der Waals surface area contributed by atoms with E-state index in [0.717, 1.165) is 19.4 Å². The van der Waals surface area contributed by atoms with E-state index in [-0.39, 0.29) is 12.1 Å². The first kappa shape index (κ1) is 18.1. The maximum atomic E-state index is 12.3. The smallest absolute Gasteiger partial charge is 0.410 e. The predicted molar refractivity (Wildman–Crippen MR) is 93.3 cm³/mol. The Kier molecular flexibility index (Phi) is 5.97. The Bertz CT molecular complexity index is 565. The monoisotopic (exact) mass is 358 g/mol. The molecular formula is C15H23ClN4O2S. The lowest BCUT2D eigenvalue weighted by molar-refractivity contribution is 0.0235. The number of likely N-dealkylation sites (tertiary alicyclic amines) is 1. The summed E-state index contributed by atoms with van der Waals surface area (Å²) in [6, 6.07) is 1.78. The van der Waals surface area contributed by atoms with Crippen LogP contribution >= 0.6 is 23.4 Å². The third kappa shape index (κ3) is 5.42. The summed E-state index contributed by atoms with van der Waals surface area (Å²) in [6.07, 6.45) is 3.57. The van der Waals surface area contributed by atoms with Crippen molar-refractivity contribution in [3.05, 3.63) is 11.2 Å². The van der Waals surface area contributed by atoms with Crippen LogP contribution in [0, 0.1) is 0 Å². The van der Waals surface area contributed by atoms with E-state index >= 15 is 0 Å². The number of rotatable bonds is 4. The number of nitrogens with zero attached hydrogens (tertiary/aromatic N) is 3. The molecule has 1 amide bonds. The average molecular weight is 359 g/mol. The molecule has 128 valence electrons. The van der Waals surface area contributed by atoms with Gasteiger partial charge >= 0.3 is 6.09 Å². The van der Waals surface area contributed by atoms with Crippen LogP contribution in [0.4, 0.5) is 10.6 Å². The molecule has 0 aliphatic carbocycles. The van der Waals surface area contributed by atoms with Gasteiger partial charge in [-0.25, -0.2) is 14.8 Å². The van der Waals surface area contributed by atoms with Crippen molar-refractivity contribution in [2.24, 2.45) is 0 Å². The van der Waals surface area contributed by atoms with Crippen LogP contribution in [0.15, 0.2) is 11.2 Å². The molecule has 2 heterocycles. The second kappa shape index (κ2) is 7.57. The van der Waals surface area contributed by atoms with Crippen molar-refractivity contribution in [1.29, 1.82) is 0 Å². The van der Waals surface area contributed by atoms with Gasteiger partial charge in [0.15, 0.2) is 5.16 Å². The van der Waals surface area contributed by atoms with Gasteiger partial charge < -0.3 is 15.0 Å². The number of amides is 1. The number of thioether (sulfide) groups is 1. The standard InChI is InChI=1S/C15H23ClN4O2S/c1-15(2,3)22-14(21)20-7-5-6-10(20)9-17-12-8-11(16)18-13(19-12)23-4/h8,10H,5-7,9H2,1-4H3,(H,17,18,19). The summed E-state index contributed by atoms with van der Waals surface area (Å²) in [4.78, 5) is 22.5. The SMILES string of the molecule is CSc1nc(Cl)cc(NCC2CCCN2C(=O)OC(C)(C)C)n1. The molecule has 0 aromatic carbocycles. The molecule has 2 rings (SSSR count). The lowest BCUT2D eigenvalue weighted by Crippen LogP contribution is -2.42. The Hall–Kier alpha value is -1.21. The van der Waals surface area contributed by atoms with Gasteiger partial charge in [-0.2, -0.15) is 0 Å². The largest absolute Gasteiger partial charge is 0.444 e. The number of nitrogens with one attached hydrogen (secondary N) is 1. The van der Waals surface area contributed by atoms with E-state index in [0.29, 0.717) is 22.7 Å². The Morgan fingerprint density at radius 2 is 2.26 bits per heavy atom. The molecule has 8 heteroatoms. The molecule has 1 aromatic heterocycles. The van der Waals surface area contributed by atoms with Crippen molar-refractivity contribution in [1.82, 2.24) is 14.9 Å². The van der Waals surface area contributed by atoms with E-state index in [9.17, 15) is 4.79 Å². The molecule has 0 radical (unpaired) electrons. The third-order valence-electron chi connectivity index (χ3n) is 3.38. The van der Waals surface area contributed by atoms with E-state index in [1.807, 2.05) is 27.0 Å². The fourth-order valence-electron chi connectivity index (χ4n) is 2.41. The maximum absolute atomic E-state index is 12.3. The van der Waals surface area contributed by atoms with Crippen molar-refractivity contribution in [2.75, 3.05) is 24.7 Å². The second-order valence-electron chi connectivity index (χ2n) is 6.41. The number of anilines is 1. The zero-order valence-electron chi connectivity index (χ0n) is 13.9. The number of carbonyl (C=O) groups is 1. The van der Waals surface area contributed by atoms with Gasteiger partial charge in [-0.05, 0) is 39.9 Å². The Labute approximate surface area is 146 Å². The topological polar surface area (TPSA) is 67.4 Å². The lowest BCUT2D eigenvalue weighted by atomic mass is 10.2. The normalized spacial score (nSPS) is 18.1. The van der Waals surface area contributed by atoms with Gasteiger partial charge in [-0.1, -0.05) is 23.4 Å². The fraction of sp³-hybridized carbons (Fsp3) is 0.667. The van der Waals surface area contributed by atoms with E-state index < -0.39 is 5.60 Å². The van der Waals surface area contributed by atoms with Gasteiger partial charge in [0.05, 0.1) is 6.04 Å². The predicted octanol–water partition coefficient (Wildman–Crippen LogP) is 3.66. The van der Waals surface area contributed by atoms with E-state index in [1.54, 1.807) is 11.0 Å². The summed E-state index contributed by atoms with van der Waals surface area (Å²) in [5.74, 6) is 0.672. The molecule has 1 atom stereocenters. The van der Waals surface area contributed by atoms with Gasteiger partial charge in [0.2, 0.25) is 0 Å². The second-order valence-corrected chi connectivity index (χ2v) is 7.57. The summed E-state index contributed by atoms with van der Waals surface area (Å²) in [7, 11) is 0. The number of hydrogen-bond acceptors (Lipinski definition) is 6. The molecule has 1 aliphatic heterocycles. The van der Waals surface area contributed by atoms with Crippen molar-refractivity contribution < 1.29 is 9.53 Å². The fourth-order valence-corrected chi connectivity index (χ4v) is 3.02. The Morgan fingerprint density at radius 1 is 1.52 bits per heavy atom. The summed E-state index contributed by atoms with van der Waals surface area (Å²) in [5, 5.41) is 4.28. The molecule has 1 N–H and O–H groups in total. The average Bonchev–Trinajstić information content (AvgIpc) is 2.91. The van der Waals surface area contributed by atoms with Gasteiger partial charge in [-0.15, -0.1) is 0 Å². The number of hydrogen-bond donors (Lipinski definition) is 1. The van der Waals surface area contributed by atoms with Crippen LogP contribution in [-0.2, 0) is 4.74 Å². The van der Waals surface area contributed by atoms with Crippen LogP contribution in [0.3, 0.4) is 0 Å². The Balaban J connectivity index is 1.96. The van der Waals surface area contributed by atoms with Crippen LogP contribution in [-0.4, -0.2) is 51.9 Å². The van der Waals surface area contributed by atoms with Crippen LogP contribution < -0.4 is 5.32 Å². The number of ether oxygens (including phenoxy) is 1. The number of carbonyl (C=O) groups excluding carboxylic acids is 1. The van der Waals surface area contributed by atoms with Crippen LogP contribution in [0.2, 0.25) is 5.15 Å². The molecule has 1 fully saturated rings. The summed E-state index contributed by atoms with van der Waals surface area (Å²) in [6.45, 7) is 6.96. The Morgan fingerprint density at radius 3 is 2.91 bits per heavy atom. The van der Waals surface area contributed by atoms with Gasteiger partial charge in [-0.3, -0.25) is 0 Å². The molecule has 0 bridgehead atoms. The lowest BCUT2D eigenvalue weighted by Gasteiger charge is -2.28. The zero-order valence-corrected chi connectivity index (χ0v) is 15.5. The highest BCUT2D eigenvalue weighted by Crippen LogP contribution is 2.22. The first-order valence-electron chi connectivity index (χ1n) is 7.60. The molecule has 23 heavy (non-hydrogen) atoms. The molecule has 0 spiro atoms. The van der Waals surface area contributed by atoms with Gasteiger partial charge in [0, 0.05) is 19.2 Å². The first-order valence-corrected chi connectivity index (χ1v) is 9.21. The highest BCUT2D eigenvalue weighted by atomic mass is 35.5. The minimum Gasteiger partial charge on any atom is -0.444 e. The molecular weight excluding hydrogens is 336 g/mol.